The highest BCUT2D eigenvalue weighted by Crippen LogP contribution is 2.32. The van der Waals surface area contributed by atoms with Gasteiger partial charge in [0.1, 0.15) is 30.0 Å². The summed E-state index contributed by atoms with van der Waals surface area (Å²) >= 11 is 0. The summed E-state index contributed by atoms with van der Waals surface area (Å²) in [5, 5.41) is 21.4. The molecule has 3 aromatic heterocycles. The Hall–Kier alpha value is -6.25. The second-order valence-electron chi connectivity index (χ2n) is 10.7. The van der Waals surface area contributed by atoms with Crippen molar-refractivity contribution in [2.24, 2.45) is 0 Å². The Kier molecular flexibility index (Phi) is 7.24. The fourth-order valence-corrected chi connectivity index (χ4v) is 5.60. The number of carbonyl (C=O) groups is 5. The molecule has 2 aliphatic heterocycles. The molecule has 0 bridgehead atoms. The first-order chi connectivity index (χ1) is 22.4. The third-order valence-corrected chi connectivity index (χ3v) is 7.74. The van der Waals surface area contributed by atoms with E-state index < -0.39 is 41.6 Å². The van der Waals surface area contributed by atoms with Crippen molar-refractivity contribution in [2.45, 2.75) is 38.0 Å². The summed E-state index contributed by atoms with van der Waals surface area (Å²) in [6.07, 6.45) is 3.37. The number of aromatic nitrogens is 5. The van der Waals surface area contributed by atoms with Gasteiger partial charge in [0.25, 0.3) is 11.8 Å². The summed E-state index contributed by atoms with van der Waals surface area (Å²) in [6, 6.07) is 16.1. The Morgan fingerprint density at radius 1 is 1.04 bits per heavy atom. The van der Waals surface area contributed by atoms with Crippen LogP contribution in [0.2, 0.25) is 0 Å². The van der Waals surface area contributed by atoms with E-state index in [1.54, 1.807) is 30.6 Å². The molecule has 0 spiro atoms. The lowest BCUT2D eigenvalue weighted by Gasteiger charge is -2.27. The van der Waals surface area contributed by atoms with E-state index in [-0.39, 0.29) is 42.9 Å². The van der Waals surface area contributed by atoms with Crippen molar-refractivity contribution < 1.29 is 28.4 Å². The van der Waals surface area contributed by atoms with Gasteiger partial charge in [0.15, 0.2) is 5.82 Å². The summed E-state index contributed by atoms with van der Waals surface area (Å²) in [7, 11) is 0. The van der Waals surface area contributed by atoms with Gasteiger partial charge >= 0.3 is 0 Å². The molecule has 0 saturated carbocycles. The minimum absolute atomic E-state index is 0.0231. The van der Waals surface area contributed by atoms with Crippen LogP contribution in [0, 0.1) is 0 Å². The van der Waals surface area contributed by atoms with E-state index in [0.717, 1.165) is 20.6 Å². The van der Waals surface area contributed by atoms with Crippen molar-refractivity contribution in [2.75, 3.05) is 5.32 Å². The predicted octanol–water partition coefficient (Wildman–Crippen LogP) is 1.73. The number of fused-ring (bicyclic) bond motifs is 2. The molecule has 0 radical (unpaired) electrons. The molecule has 46 heavy (non-hydrogen) atoms. The number of benzene rings is 2. The number of nitrogens with one attached hydrogen (secondary N) is 3. The predicted molar refractivity (Wildman–Crippen MR) is 159 cm³/mol. The van der Waals surface area contributed by atoms with Crippen molar-refractivity contribution in [3.8, 4) is 0 Å². The molecule has 5 aromatic rings. The Balaban J connectivity index is 1.03. The van der Waals surface area contributed by atoms with Gasteiger partial charge in [0, 0.05) is 35.5 Å². The van der Waals surface area contributed by atoms with Crippen LogP contribution in [0.4, 0.5) is 5.69 Å². The highest BCUT2D eigenvalue weighted by Gasteiger charge is 2.45. The number of furan rings is 1. The maximum Gasteiger partial charge on any atom is 0.264 e. The van der Waals surface area contributed by atoms with Crippen molar-refractivity contribution >= 4 is 46.2 Å². The second kappa shape index (κ2) is 11.7. The van der Waals surface area contributed by atoms with Gasteiger partial charge in [-0.3, -0.25) is 39.2 Å². The standard InChI is InChI=1S/C31H25N9O6/c41-25-11-10-21(29(43)35-25)40-30(44)19-7-3-8-20(27(19)31(40)45)33-15-24-36-38-39(37-24)16-26(42)34-28(18-6-4-12-32-14-18)23-13-17-5-1-2-9-22(17)46-23/h1-9,12-14,21,28,33H,10-11,15-16H2,(H,34,42)(H,35,41,43). The van der Waals surface area contributed by atoms with Crippen LogP contribution in [0.15, 0.2) is 77.5 Å². The third kappa shape index (κ3) is 5.34. The molecule has 5 heterocycles. The molecule has 3 N–H and O–H groups in total. The Morgan fingerprint density at radius 3 is 2.72 bits per heavy atom. The van der Waals surface area contributed by atoms with Crippen LogP contribution in [0.5, 0.6) is 0 Å². The number of pyridine rings is 1. The van der Waals surface area contributed by atoms with E-state index in [4.69, 9.17) is 4.42 Å². The number of tetrazole rings is 1. The molecule has 7 rings (SSSR count). The van der Waals surface area contributed by atoms with E-state index in [2.05, 4.69) is 36.3 Å². The first-order valence-electron chi connectivity index (χ1n) is 14.4. The molecule has 2 aliphatic rings. The van der Waals surface area contributed by atoms with Crippen LogP contribution in [-0.4, -0.2) is 65.7 Å². The molecular weight excluding hydrogens is 594 g/mol. The number of hydrogen-bond donors (Lipinski definition) is 3. The maximum absolute atomic E-state index is 13.3. The lowest BCUT2D eigenvalue weighted by atomic mass is 10.0. The van der Waals surface area contributed by atoms with Crippen LogP contribution >= 0.6 is 0 Å². The zero-order chi connectivity index (χ0) is 31.8. The van der Waals surface area contributed by atoms with E-state index in [9.17, 15) is 24.0 Å². The number of rotatable bonds is 9. The number of carbonyl (C=O) groups excluding carboxylic acids is 5. The van der Waals surface area contributed by atoms with Crippen LogP contribution in [-0.2, 0) is 27.5 Å². The van der Waals surface area contributed by atoms with Gasteiger partial charge in [0.05, 0.1) is 17.7 Å². The van der Waals surface area contributed by atoms with Gasteiger partial charge in [0.2, 0.25) is 17.7 Å². The van der Waals surface area contributed by atoms with Crippen LogP contribution in [0.1, 0.15) is 56.7 Å². The number of imide groups is 2. The summed E-state index contributed by atoms with van der Waals surface area (Å²) < 4.78 is 6.03. The van der Waals surface area contributed by atoms with E-state index in [0.29, 0.717) is 17.0 Å². The summed E-state index contributed by atoms with van der Waals surface area (Å²) in [5.74, 6) is -2.01. The van der Waals surface area contributed by atoms with Crippen LogP contribution in [0.25, 0.3) is 11.0 Å². The second-order valence-corrected chi connectivity index (χ2v) is 10.7. The van der Waals surface area contributed by atoms with E-state index >= 15 is 0 Å². The molecule has 2 aromatic carbocycles. The van der Waals surface area contributed by atoms with Crippen molar-refractivity contribution in [1.82, 2.24) is 40.7 Å². The largest absolute Gasteiger partial charge is 0.459 e. The zero-order valence-corrected chi connectivity index (χ0v) is 24.0. The number of nitrogens with zero attached hydrogens (tertiary/aromatic N) is 6. The van der Waals surface area contributed by atoms with Crippen molar-refractivity contribution in [1.29, 1.82) is 0 Å². The van der Waals surface area contributed by atoms with Crippen molar-refractivity contribution in [3.63, 3.8) is 0 Å². The average Bonchev–Trinajstić information content (AvgIpc) is 3.76. The number of amides is 5. The smallest absolute Gasteiger partial charge is 0.264 e. The molecule has 5 amide bonds. The number of anilines is 1. The molecule has 230 valence electrons. The van der Waals surface area contributed by atoms with E-state index in [1.807, 2.05) is 36.4 Å². The lowest BCUT2D eigenvalue weighted by molar-refractivity contribution is -0.136. The average molecular weight is 620 g/mol. The molecule has 2 unspecified atom stereocenters. The molecular formula is C31H25N9O6. The fraction of sp³-hybridized carbons (Fsp3) is 0.194. The minimum Gasteiger partial charge on any atom is -0.459 e. The number of piperidine rings is 1. The molecule has 15 nitrogen and oxygen atoms in total. The zero-order valence-electron chi connectivity index (χ0n) is 24.0. The highest BCUT2D eigenvalue weighted by atomic mass is 16.3. The van der Waals surface area contributed by atoms with Crippen molar-refractivity contribution in [3.05, 3.63) is 101 Å². The maximum atomic E-state index is 13.3. The fourth-order valence-electron chi connectivity index (χ4n) is 5.60. The molecule has 1 saturated heterocycles. The van der Waals surface area contributed by atoms with Gasteiger partial charge in [-0.1, -0.05) is 30.3 Å². The van der Waals surface area contributed by atoms with Crippen LogP contribution < -0.4 is 16.0 Å². The van der Waals surface area contributed by atoms with Gasteiger partial charge < -0.3 is 15.1 Å². The Morgan fingerprint density at radius 2 is 1.91 bits per heavy atom. The van der Waals surface area contributed by atoms with Gasteiger partial charge in [-0.05, 0) is 42.0 Å². The normalized spacial score (nSPS) is 16.8. The first kappa shape index (κ1) is 28.5. The summed E-state index contributed by atoms with van der Waals surface area (Å²) in [5.41, 5.74) is 2.00. The lowest BCUT2D eigenvalue weighted by Crippen LogP contribution is -2.54. The van der Waals surface area contributed by atoms with Gasteiger partial charge in [-0.2, -0.15) is 4.80 Å². The summed E-state index contributed by atoms with van der Waals surface area (Å²) in [6.45, 7) is -0.214. The van der Waals surface area contributed by atoms with Gasteiger partial charge in [-0.15, -0.1) is 10.2 Å². The SMILES string of the molecule is O=C1CCC(N2C(=O)c3cccc(NCc4nnn(CC(=O)NC(c5cccnc5)c5cc6ccccc6o5)n4)c3C2=O)C(=O)N1. The van der Waals surface area contributed by atoms with Crippen LogP contribution in [0.3, 0.4) is 0 Å². The first-order valence-corrected chi connectivity index (χ1v) is 14.4. The number of para-hydroxylation sites is 1. The summed E-state index contributed by atoms with van der Waals surface area (Å²) in [4.78, 5) is 69.7. The molecule has 2 atom stereocenters. The number of hydrogen-bond acceptors (Lipinski definition) is 11. The molecule has 15 heteroatoms. The quantitative estimate of drug-likeness (QED) is 0.203. The third-order valence-electron chi connectivity index (χ3n) is 7.74. The Labute approximate surface area is 260 Å². The van der Waals surface area contributed by atoms with E-state index in [1.165, 1.54) is 6.07 Å². The topological polar surface area (TPSA) is 194 Å². The highest BCUT2D eigenvalue weighted by molar-refractivity contribution is 6.25. The molecule has 0 aliphatic carbocycles. The molecule has 1 fully saturated rings. The monoisotopic (exact) mass is 619 g/mol. The Bertz CT molecular complexity index is 1990. The van der Waals surface area contributed by atoms with Gasteiger partial charge in [-0.25, -0.2) is 0 Å². The minimum atomic E-state index is -1.07.